The maximum absolute atomic E-state index is 12.7. The van der Waals surface area contributed by atoms with E-state index < -0.39 is 0 Å². The van der Waals surface area contributed by atoms with Crippen LogP contribution in [0.3, 0.4) is 0 Å². The number of hydrogen-bond acceptors (Lipinski definition) is 5. The van der Waals surface area contributed by atoms with Crippen molar-refractivity contribution in [1.82, 2.24) is 5.06 Å². The zero-order chi connectivity index (χ0) is 22.1. The van der Waals surface area contributed by atoms with Crippen LogP contribution in [0.1, 0.15) is 51.2 Å². The zero-order valence-electron chi connectivity index (χ0n) is 18.8. The molecule has 1 saturated heterocycles. The normalized spacial score (nSPS) is 18.4. The Morgan fingerprint density at radius 1 is 1.06 bits per heavy atom. The molecule has 1 amide bonds. The highest BCUT2D eigenvalue weighted by molar-refractivity contribution is 6.01. The van der Waals surface area contributed by atoms with E-state index in [0.717, 1.165) is 36.2 Å². The van der Waals surface area contributed by atoms with Gasteiger partial charge in [0.2, 0.25) is 0 Å². The summed E-state index contributed by atoms with van der Waals surface area (Å²) in [4.78, 5) is 25.7. The molecule has 6 heteroatoms. The van der Waals surface area contributed by atoms with Crippen molar-refractivity contribution in [3.63, 3.8) is 0 Å². The molecule has 4 rings (SSSR count). The first-order valence-electron chi connectivity index (χ1n) is 10.9. The molecule has 6 nitrogen and oxygen atoms in total. The summed E-state index contributed by atoms with van der Waals surface area (Å²) in [6.45, 7) is 7.77. The fourth-order valence-corrected chi connectivity index (χ4v) is 4.02. The summed E-state index contributed by atoms with van der Waals surface area (Å²) in [6, 6.07) is 18.2. The average molecular weight is 422 g/mol. The summed E-state index contributed by atoms with van der Waals surface area (Å²) in [5, 5.41) is 6.08. The van der Waals surface area contributed by atoms with E-state index in [4.69, 9.17) is 9.68 Å². The van der Waals surface area contributed by atoms with Crippen molar-refractivity contribution in [2.24, 2.45) is 5.16 Å². The number of piperidine rings is 1. The fraction of sp³-hybridized carbons (Fsp3) is 0.440. The molecule has 0 unspecified atom stereocenters. The van der Waals surface area contributed by atoms with Crippen molar-refractivity contribution in [3.8, 4) is 0 Å². The van der Waals surface area contributed by atoms with Crippen molar-refractivity contribution < 1.29 is 14.5 Å². The Balaban J connectivity index is 1.29. The number of carbonyl (C=O) groups is 1. The van der Waals surface area contributed by atoms with Crippen molar-refractivity contribution in [1.29, 1.82) is 0 Å². The van der Waals surface area contributed by atoms with Crippen molar-refractivity contribution in [2.45, 2.75) is 51.0 Å². The Morgan fingerprint density at radius 2 is 1.71 bits per heavy atom. The summed E-state index contributed by atoms with van der Waals surface area (Å²) in [7, 11) is 1.74. The lowest BCUT2D eigenvalue weighted by Gasteiger charge is -2.36. The molecule has 0 aliphatic carbocycles. The Labute approximate surface area is 184 Å². The molecule has 1 spiro atoms. The van der Waals surface area contributed by atoms with Crippen LogP contribution in [-0.4, -0.2) is 42.6 Å². The van der Waals surface area contributed by atoms with Crippen molar-refractivity contribution in [3.05, 3.63) is 65.7 Å². The highest BCUT2D eigenvalue weighted by Gasteiger charge is 2.43. The fourth-order valence-electron chi connectivity index (χ4n) is 4.02. The Morgan fingerprint density at radius 3 is 2.32 bits per heavy atom. The van der Waals surface area contributed by atoms with Crippen LogP contribution in [-0.2, 0) is 15.1 Å². The van der Waals surface area contributed by atoms with E-state index >= 15 is 0 Å². The van der Waals surface area contributed by atoms with Gasteiger partial charge in [0.05, 0.1) is 5.71 Å². The third kappa shape index (κ3) is 4.74. The van der Waals surface area contributed by atoms with E-state index in [1.54, 1.807) is 17.0 Å². The van der Waals surface area contributed by atoms with Gasteiger partial charge in [-0.15, -0.1) is 5.06 Å². The Kier molecular flexibility index (Phi) is 5.75. The van der Waals surface area contributed by atoms with Crippen LogP contribution in [0.2, 0.25) is 0 Å². The van der Waals surface area contributed by atoms with Gasteiger partial charge in [0, 0.05) is 45.1 Å². The molecule has 0 bridgehead atoms. The minimum atomic E-state index is -0.381. The topological polar surface area (TPSA) is 54.4 Å². The van der Waals surface area contributed by atoms with E-state index in [0.29, 0.717) is 13.1 Å². The van der Waals surface area contributed by atoms with Gasteiger partial charge in [-0.1, -0.05) is 68.4 Å². The molecule has 164 valence electrons. The maximum Gasteiger partial charge on any atom is 0.433 e. The molecular weight excluding hydrogens is 390 g/mol. The molecule has 2 aliphatic rings. The highest BCUT2D eigenvalue weighted by atomic mass is 16.7. The van der Waals surface area contributed by atoms with Gasteiger partial charge < -0.3 is 9.68 Å². The second-order valence-electron chi connectivity index (χ2n) is 9.50. The van der Waals surface area contributed by atoms with E-state index in [-0.39, 0.29) is 17.1 Å². The van der Waals surface area contributed by atoms with E-state index in [2.05, 4.69) is 50.2 Å². The summed E-state index contributed by atoms with van der Waals surface area (Å²) < 4.78 is 0. The van der Waals surface area contributed by atoms with E-state index in [1.807, 2.05) is 30.3 Å². The number of benzene rings is 2. The quantitative estimate of drug-likeness (QED) is 0.689. The smallest absolute Gasteiger partial charge is 0.388 e. The average Bonchev–Trinajstić information content (AvgIpc) is 3.19. The van der Waals surface area contributed by atoms with Crippen LogP contribution in [0.25, 0.3) is 0 Å². The molecule has 0 aromatic heterocycles. The number of hydrogen-bond donors (Lipinski definition) is 0. The molecule has 2 heterocycles. The third-order valence-corrected chi connectivity index (χ3v) is 6.18. The lowest BCUT2D eigenvalue weighted by Crippen LogP contribution is -2.46. The molecule has 0 N–H and O–H groups in total. The number of anilines is 1. The number of hydroxylamine groups is 2. The van der Waals surface area contributed by atoms with Gasteiger partial charge in [0.25, 0.3) is 0 Å². The molecule has 1 fully saturated rings. The number of amides is 1. The number of rotatable bonds is 3. The molecule has 2 aromatic rings. The van der Waals surface area contributed by atoms with Crippen LogP contribution in [0.4, 0.5) is 10.5 Å². The van der Waals surface area contributed by atoms with Gasteiger partial charge >= 0.3 is 6.09 Å². The van der Waals surface area contributed by atoms with Gasteiger partial charge in [-0.2, -0.15) is 0 Å². The van der Waals surface area contributed by atoms with E-state index in [9.17, 15) is 4.79 Å². The Hall–Kier alpha value is -2.86. The van der Waals surface area contributed by atoms with Gasteiger partial charge in [-0.05, 0) is 28.7 Å². The second-order valence-corrected chi connectivity index (χ2v) is 9.50. The van der Waals surface area contributed by atoms with Gasteiger partial charge in [0.1, 0.15) is 5.60 Å². The van der Waals surface area contributed by atoms with Crippen molar-refractivity contribution >= 4 is 17.5 Å². The first-order chi connectivity index (χ1) is 14.8. The molecular formula is C25H31N3O3. The lowest BCUT2D eigenvalue weighted by molar-refractivity contribution is -0.155. The number of oxime groups is 1. The summed E-state index contributed by atoms with van der Waals surface area (Å²) in [5.41, 5.74) is 3.92. The van der Waals surface area contributed by atoms with Gasteiger partial charge in [-0.3, -0.25) is 4.90 Å². The minimum Gasteiger partial charge on any atom is -0.388 e. The maximum atomic E-state index is 12.7. The molecule has 0 atom stereocenters. The zero-order valence-corrected chi connectivity index (χ0v) is 18.8. The van der Waals surface area contributed by atoms with Crippen LogP contribution < -0.4 is 4.90 Å². The predicted molar refractivity (Wildman–Crippen MR) is 122 cm³/mol. The van der Waals surface area contributed by atoms with Crippen LogP contribution >= 0.6 is 0 Å². The molecule has 0 saturated carbocycles. The SMILES string of the molecule is CN(C(=O)ON1CCC2(CC1)CC(c1ccccc1)=NO2)c1ccc(C(C)(C)C)cc1. The van der Waals surface area contributed by atoms with Crippen molar-refractivity contribution in [2.75, 3.05) is 25.0 Å². The molecule has 2 aliphatic heterocycles. The third-order valence-electron chi connectivity index (χ3n) is 6.18. The molecule has 31 heavy (non-hydrogen) atoms. The number of nitrogens with zero attached hydrogens (tertiary/aromatic N) is 3. The molecule has 0 radical (unpaired) electrons. The summed E-state index contributed by atoms with van der Waals surface area (Å²) in [6.07, 6.45) is 1.94. The highest BCUT2D eigenvalue weighted by Crippen LogP contribution is 2.36. The van der Waals surface area contributed by atoms with Crippen LogP contribution in [0.15, 0.2) is 59.8 Å². The second kappa shape index (κ2) is 8.35. The lowest BCUT2D eigenvalue weighted by atomic mass is 9.86. The minimum absolute atomic E-state index is 0.0772. The summed E-state index contributed by atoms with van der Waals surface area (Å²) in [5.74, 6) is 0. The largest absolute Gasteiger partial charge is 0.433 e. The van der Waals surface area contributed by atoms with Crippen LogP contribution in [0.5, 0.6) is 0 Å². The Bertz CT molecular complexity index is 940. The van der Waals surface area contributed by atoms with Gasteiger partial charge in [-0.25, -0.2) is 4.79 Å². The van der Waals surface area contributed by atoms with Gasteiger partial charge in [0.15, 0.2) is 0 Å². The molecule has 2 aromatic carbocycles. The standard InChI is InChI=1S/C25H31N3O3/c1-24(2,3)20-10-12-21(13-11-20)27(4)23(29)30-28-16-14-25(15-17-28)18-22(26-31-25)19-8-6-5-7-9-19/h5-13H,14-18H2,1-4H3. The predicted octanol–water partition coefficient (Wildman–Crippen LogP) is 5.13. The van der Waals surface area contributed by atoms with Crippen LogP contribution in [0, 0.1) is 0 Å². The first-order valence-corrected chi connectivity index (χ1v) is 10.9. The first kappa shape index (κ1) is 21.4. The number of carbonyl (C=O) groups excluding carboxylic acids is 1. The summed E-state index contributed by atoms with van der Waals surface area (Å²) >= 11 is 0. The monoisotopic (exact) mass is 421 g/mol. The van der Waals surface area contributed by atoms with E-state index in [1.165, 1.54) is 5.56 Å².